The van der Waals surface area contributed by atoms with Crippen molar-refractivity contribution in [3.05, 3.63) is 0 Å². The highest BCUT2D eigenvalue weighted by molar-refractivity contribution is 6.04. The van der Waals surface area contributed by atoms with Crippen molar-refractivity contribution in [3.8, 4) is 0 Å². The van der Waals surface area contributed by atoms with Crippen LogP contribution in [-0.4, -0.2) is 52.1 Å². The number of urea groups is 1. The average Bonchev–Trinajstić information content (AvgIpc) is 2.67. The largest absolute Gasteiger partial charge is 0.391 e. The van der Waals surface area contributed by atoms with Crippen LogP contribution in [-0.2, 0) is 4.79 Å². The topological polar surface area (TPSA) is 60.9 Å². The van der Waals surface area contributed by atoms with Crippen LogP contribution in [0, 0.1) is 0 Å². The summed E-state index contributed by atoms with van der Waals surface area (Å²) in [5, 5.41) is 9.37. The van der Waals surface area contributed by atoms with E-state index < -0.39 is 12.1 Å². The summed E-state index contributed by atoms with van der Waals surface area (Å²) >= 11 is 0. The number of nitrogens with zero attached hydrogens (tertiary/aromatic N) is 2. The Balaban J connectivity index is 2.06. The molecular weight excluding hydrogens is 196 g/mol. The van der Waals surface area contributed by atoms with E-state index in [4.69, 9.17) is 0 Å². The molecule has 0 aromatic heterocycles. The van der Waals surface area contributed by atoms with Gasteiger partial charge in [0.05, 0.1) is 6.10 Å². The summed E-state index contributed by atoms with van der Waals surface area (Å²) in [4.78, 5) is 26.4. The monoisotopic (exact) mass is 212 g/mol. The summed E-state index contributed by atoms with van der Waals surface area (Å²) in [5.41, 5.74) is 0. The van der Waals surface area contributed by atoms with Gasteiger partial charge in [-0.3, -0.25) is 9.69 Å². The molecule has 2 fully saturated rings. The molecule has 0 radical (unpaired) electrons. The maximum Gasteiger partial charge on any atom is 0.327 e. The van der Waals surface area contributed by atoms with Crippen LogP contribution in [0.25, 0.3) is 0 Å². The van der Waals surface area contributed by atoms with Crippen LogP contribution in [0.3, 0.4) is 0 Å². The van der Waals surface area contributed by atoms with Gasteiger partial charge in [-0.25, -0.2) is 4.79 Å². The van der Waals surface area contributed by atoms with Gasteiger partial charge in [0, 0.05) is 19.5 Å². The van der Waals surface area contributed by atoms with Crippen molar-refractivity contribution in [1.82, 2.24) is 9.80 Å². The Labute approximate surface area is 88.6 Å². The number of hydrogen-bond donors (Lipinski definition) is 1. The van der Waals surface area contributed by atoms with Crippen molar-refractivity contribution < 1.29 is 14.7 Å². The van der Waals surface area contributed by atoms with Crippen LogP contribution in [0.1, 0.15) is 26.2 Å². The molecule has 0 aromatic rings. The zero-order valence-electron chi connectivity index (χ0n) is 8.85. The molecule has 3 amide bonds. The molecule has 2 heterocycles. The Hall–Kier alpha value is -1.10. The Morgan fingerprint density at radius 3 is 2.80 bits per heavy atom. The third-order valence-electron chi connectivity index (χ3n) is 3.04. The third-order valence-corrected chi connectivity index (χ3v) is 3.04. The van der Waals surface area contributed by atoms with E-state index in [9.17, 15) is 14.7 Å². The van der Waals surface area contributed by atoms with E-state index in [2.05, 4.69) is 0 Å². The second-order valence-corrected chi connectivity index (χ2v) is 4.18. The van der Waals surface area contributed by atoms with E-state index in [-0.39, 0.29) is 11.9 Å². The molecule has 0 aromatic carbocycles. The average molecular weight is 212 g/mol. The summed E-state index contributed by atoms with van der Waals surface area (Å²) in [7, 11) is 0. The number of amides is 3. The quantitative estimate of drug-likeness (QED) is 0.679. The van der Waals surface area contributed by atoms with E-state index in [1.807, 2.05) is 6.92 Å². The molecule has 2 rings (SSSR count). The van der Waals surface area contributed by atoms with Gasteiger partial charge in [-0.1, -0.05) is 13.3 Å². The molecule has 2 atom stereocenters. The standard InChI is InChI=1S/C10H16N2O3/c1-2-3-4-11-9(14)8-5-7(13)6-12(8)10(11)15/h7-8,13H,2-6H2,1H3/t7-,8?/m1/s1. The lowest BCUT2D eigenvalue weighted by Gasteiger charge is -2.15. The normalized spacial score (nSPS) is 30.3. The van der Waals surface area contributed by atoms with Gasteiger partial charge in [0.2, 0.25) is 0 Å². The van der Waals surface area contributed by atoms with E-state index in [1.54, 1.807) is 0 Å². The van der Waals surface area contributed by atoms with Crippen LogP contribution in [0.2, 0.25) is 0 Å². The van der Waals surface area contributed by atoms with Gasteiger partial charge in [-0.05, 0) is 6.42 Å². The minimum atomic E-state index is -0.531. The van der Waals surface area contributed by atoms with Crippen LogP contribution >= 0.6 is 0 Å². The molecule has 0 spiro atoms. The fraction of sp³-hybridized carbons (Fsp3) is 0.800. The molecule has 2 saturated heterocycles. The molecule has 0 bridgehead atoms. The molecule has 15 heavy (non-hydrogen) atoms. The molecular formula is C10H16N2O3. The Bertz CT molecular complexity index is 268. The third kappa shape index (κ3) is 1.61. The highest BCUT2D eigenvalue weighted by atomic mass is 16.3. The van der Waals surface area contributed by atoms with Crippen LogP contribution < -0.4 is 0 Å². The van der Waals surface area contributed by atoms with E-state index in [0.29, 0.717) is 19.5 Å². The summed E-state index contributed by atoms with van der Waals surface area (Å²) < 4.78 is 0. The summed E-state index contributed by atoms with van der Waals surface area (Å²) in [6.45, 7) is 2.84. The minimum absolute atomic E-state index is 0.134. The highest BCUT2D eigenvalue weighted by Gasteiger charge is 2.49. The molecule has 1 N–H and O–H groups in total. The Kier molecular flexibility index (Phi) is 2.65. The second-order valence-electron chi connectivity index (χ2n) is 4.18. The summed E-state index contributed by atoms with van der Waals surface area (Å²) in [6.07, 6.45) is 1.68. The molecule has 0 saturated carbocycles. The van der Waals surface area contributed by atoms with Gasteiger partial charge in [-0.15, -0.1) is 0 Å². The number of rotatable bonds is 3. The van der Waals surface area contributed by atoms with Gasteiger partial charge in [0.25, 0.3) is 5.91 Å². The first kappa shape index (κ1) is 10.4. The predicted octanol–water partition coefficient (Wildman–Crippen LogP) is 0.184. The summed E-state index contributed by atoms with van der Waals surface area (Å²) in [5.74, 6) is -0.134. The lowest BCUT2D eigenvalue weighted by molar-refractivity contribution is -0.128. The first-order valence-corrected chi connectivity index (χ1v) is 5.45. The smallest absolute Gasteiger partial charge is 0.327 e. The summed E-state index contributed by atoms with van der Waals surface area (Å²) in [6, 6.07) is -0.626. The second kappa shape index (κ2) is 3.81. The van der Waals surface area contributed by atoms with Crippen LogP contribution in [0.5, 0.6) is 0 Å². The predicted molar refractivity (Wildman–Crippen MR) is 53.1 cm³/mol. The molecule has 0 aliphatic carbocycles. The van der Waals surface area contributed by atoms with Gasteiger partial charge >= 0.3 is 6.03 Å². The highest BCUT2D eigenvalue weighted by Crippen LogP contribution is 2.27. The van der Waals surface area contributed by atoms with Gasteiger partial charge in [0.1, 0.15) is 6.04 Å². The van der Waals surface area contributed by atoms with Crippen LogP contribution in [0.15, 0.2) is 0 Å². The van der Waals surface area contributed by atoms with Crippen molar-refractivity contribution in [1.29, 1.82) is 0 Å². The lowest BCUT2D eigenvalue weighted by Crippen LogP contribution is -2.35. The molecule has 2 aliphatic heterocycles. The van der Waals surface area contributed by atoms with Crippen molar-refractivity contribution in [2.45, 2.75) is 38.3 Å². The first-order chi connectivity index (χ1) is 7.15. The fourth-order valence-electron chi connectivity index (χ4n) is 2.21. The number of unbranched alkanes of at least 4 members (excludes halogenated alkanes) is 1. The van der Waals surface area contributed by atoms with Crippen molar-refractivity contribution in [3.63, 3.8) is 0 Å². The van der Waals surface area contributed by atoms with Gasteiger partial charge in [0.15, 0.2) is 0 Å². The van der Waals surface area contributed by atoms with Crippen molar-refractivity contribution >= 4 is 11.9 Å². The number of aliphatic hydroxyl groups excluding tert-OH is 1. The number of aliphatic hydroxyl groups is 1. The molecule has 5 nitrogen and oxygen atoms in total. The molecule has 5 heteroatoms. The van der Waals surface area contributed by atoms with E-state index in [0.717, 1.165) is 12.8 Å². The molecule has 84 valence electrons. The Morgan fingerprint density at radius 1 is 1.47 bits per heavy atom. The number of carbonyl (C=O) groups is 2. The zero-order valence-corrected chi connectivity index (χ0v) is 8.85. The zero-order chi connectivity index (χ0) is 11.0. The fourth-order valence-corrected chi connectivity index (χ4v) is 2.21. The van der Waals surface area contributed by atoms with E-state index in [1.165, 1.54) is 9.80 Å². The first-order valence-electron chi connectivity index (χ1n) is 5.45. The van der Waals surface area contributed by atoms with E-state index >= 15 is 0 Å². The number of hydrogen-bond acceptors (Lipinski definition) is 3. The van der Waals surface area contributed by atoms with Gasteiger partial charge < -0.3 is 10.0 Å². The van der Waals surface area contributed by atoms with Crippen LogP contribution in [0.4, 0.5) is 4.79 Å². The van der Waals surface area contributed by atoms with Crippen molar-refractivity contribution in [2.24, 2.45) is 0 Å². The molecule has 1 unspecified atom stereocenters. The SMILES string of the molecule is CCCCN1C(=O)C2C[C@@H](O)CN2C1=O. The molecule has 2 aliphatic rings. The minimum Gasteiger partial charge on any atom is -0.391 e. The maximum atomic E-state index is 11.8. The Morgan fingerprint density at radius 2 is 2.20 bits per heavy atom. The van der Waals surface area contributed by atoms with Gasteiger partial charge in [-0.2, -0.15) is 0 Å². The lowest BCUT2D eigenvalue weighted by atomic mass is 10.2. The number of carbonyl (C=O) groups excluding carboxylic acids is 2. The number of fused-ring (bicyclic) bond motifs is 1. The maximum absolute atomic E-state index is 11.8. The number of imide groups is 1. The van der Waals surface area contributed by atoms with Crippen molar-refractivity contribution in [2.75, 3.05) is 13.1 Å².